The Morgan fingerprint density at radius 3 is 2.48 bits per heavy atom. The maximum Gasteiger partial charge on any atom is 0.133 e. The Morgan fingerprint density at radius 2 is 1.81 bits per heavy atom. The number of aryl methyl sites for hydroxylation is 1. The Kier molecular flexibility index (Phi) is 4.15. The highest BCUT2D eigenvalue weighted by Gasteiger charge is 2.17. The van der Waals surface area contributed by atoms with E-state index >= 15 is 0 Å². The van der Waals surface area contributed by atoms with Crippen LogP contribution in [0.1, 0.15) is 22.9 Å². The van der Waals surface area contributed by atoms with Crippen molar-refractivity contribution < 1.29 is 0 Å². The molecule has 0 aliphatic carbocycles. The lowest BCUT2D eigenvalue weighted by atomic mass is 9.88. The van der Waals surface area contributed by atoms with Gasteiger partial charge in [-0.05, 0) is 23.3 Å². The number of halogens is 1. The monoisotopic (exact) mass is 341 g/mol. The minimum atomic E-state index is 0.270. The van der Waals surface area contributed by atoms with Gasteiger partial charge in [0.25, 0.3) is 0 Å². The van der Waals surface area contributed by atoms with Gasteiger partial charge in [-0.2, -0.15) is 0 Å². The molecule has 1 atom stereocenters. The van der Waals surface area contributed by atoms with Crippen molar-refractivity contribution in [2.24, 2.45) is 7.05 Å². The van der Waals surface area contributed by atoms with Gasteiger partial charge >= 0.3 is 0 Å². The summed E-state index contributed by atoms with van der Waals surface area (Å²) < 4.78 is 3.08. The normalized spacial score (nSPS) is 12.3. The van der Waals surface area contributed by atoms with Crippen molar-refractivity contribution in [1.82, 2.24) is 14.8 Å². The predicted molar refractivity (Wildman–Crippen MR) is 87.1 cm³/mol. The highest BCUT2D eigenvalue weighted by molar-refractivity contribution is 9.10. The van der Waals surface area contributed by atoms with Crippen LogP contribution in [0, 0.1) is 0 Å². The van der Waals surface area contributed by atoms with Gasteiger partial charge in [0.1, 0.15) is 12.2 Å². The van der Waals surface area contributed by atoms with Crippen LogP contribution in [0.2, 0.25) is 0 Å². The van der Waals surface area contributed by atoms with Gasteiger partial charge in [0.2, 0.25) is 0 Å². The van der Waals surface area contributed by atoms with E-state index in [1.807, 2.05) is 23.7 Å². The van der Waals surface area contributed by atoms with Crippen LogP contribution in [0.3, 0.4) is 0 Å². The number of rotatable bonds is 4. The van der Waals surface area contributed by atoms with Gasteiger partial charge in [-0.25, -0.2) is 0 Å². The molecule has 0 saturated carbocycles. The van der Waals surface area contributed by atoms with E-state index in [0.717, 1.165) is 16.7 Å². The zero-order valence-electron chi connectivity index (χ0n) is 11.8. The number of hydrogen-bond donors (Lipinski definition) is 0. The summed E-state index contributed by atoms with van der Waals surface area (Å²) >= 11 is 3.56. The van der Waals surface area contributed by atoms with E-state index < -0.39 is 0 Å². The quantitative estimate of drug-likeness (QED) is 0.719. The maximum atomic E-state index is 4.23. The van der Waals surface area contributed by atoms with Crippen LogP contribution in [-0.4, -0.2) is 14.8 Å². The molecule has 0 spiro atoms. The standard InChI is InChI=1S/C17H16BrN3/c1-21-12-19-20-17(21)11-16(13-6-3-2-4-7-13)14-8-5-9-15(18)10-14/h2-10,12,16H,11H2,1H3. The molecule has 1 heterocycles. The Labute approximate surface area is 132 Å². The summed E-state index contributed by atoms with van der Waals surface area (Å²) in [6, 6.07) is 19.0. The zero-order valence-corrected chi connectivity index (χ0v) is 13.4. The van der Waals surface area contributed by atoms with Gasteiger partial charge in [0, 0.05) is 23.9 Å². The molecular weight excluding hydrogens is 326 g/mol. The first-order valence-corrected chi connectivity index (χ1v) is 7.66. The number of benzene rings is 2. The molecule has 3 aromatic rings. The highest BCUT2D eigenvalue weighted by Crippen LogP contribution is 2.29. The molecule has 0 fully saturated rings. The van der Waals surface area contributed by atoms with E-state index in [0.29, 0.717) is 0 Å². The van der Waals surface area contributed by atoms with Gasteiger partial charge < -0.3 is 4.57 Å². The summed E-state index contributed by atoms with van der Waals surface area (Å²) in [5.74, 6) is 1.26. The summed E-state index contributed by atoms with van der Waals surface area (Å²) in [6.07, 6.45) is 2.58. The zero-order chi connectivity index (χ0) is 14.7. The molecule has 0 radical (unpaired) electrons. The molecule has 0 aliphatic rings. The van der Waals surface area contributed by atoms with Crippen molar-refractivity contribution >= 4 is 15.9 Å². The van der Waals surface area contributed by atoms with Crippen LogP contribution >= 0.6 is 15.9 Å². The molecule has 21 heavy (non-hydrogen) atoms. The van der Waals surface area contributed by atoms with Crippen molar-refractivity contribution in [2.45, 2.75) is 12.3 Å². The van der Waals surface area contributed by atoms with Crippen molar-refractivity contribution in [3.63, 3.8) is 0 Å². The third-order valence-electron chi connectivity index (χ3n) is 3.64. The van der Waals surface area contributed by atoms with E-state index in [2.05, 4.69) is 68.6 Å². The highest BCUT2D eigenvalue weighted by atomic mass is 79.9. The number of nitrogens with zero attached hydrogens (tertiary/aromatic N) is 3. The SMILES string of the molecule is Cn1cnnc1CC(c1ccccc1)c1cccc(Br)c1. The third kappa shape index (κ3) is 3.22. The third-order valence-corrected chi connectivity index (χ3v) is 4.14. The first-order valence-electron chi connectivity index (χ1n) is 6.87. The molecule has 4 heteroatoms. The lowest BCUT2D eigenvalue weighted by molar-refractivity contribution is 0.707. The molecule has 3 rings (SSSR count). The van der Waals surface area contributed by atoms with E-state index in [9.17, 15) is 0 Å². The van der Waals surface area contributed by atoms with Crippen LogP contribution in [0.15, 0.2) is 65.4 Å². The van der Waals surface area contributed by atoms with Gasteiger partial charge in [-0.1, -0.05) is 58.4 Å². The molecule has 1 unspecified atom stereocenters. The van der Waals surface area contributed by atoms with E-state index in [1.165, 1.54) is 11.1 Å². The summed E-state index contributed by atoms with van der Waals surface area (Å²) in [5.41, 5.74) is 2.57. The first-order chi connectivity index (χ1) is 10.2. The van der Waals surface area contributed by atoms with E-state index in [-0.39, 0.29) is 5.92 Å². The van der Waals surface area contributed by atoms with Crippen LogP contribution in [0.5, 0.6) is 0 Å². The minimum Gasteiger partial charge on any atom is -0.321 e. The second kappa shape index (κ2) is 6.22. The first kappa shape index (κ1) is 14.0. The van der Waals surface area contributed by atoms with Crippen molar-refractivity contribution in [3.05, 3.63) is 82.3 Å². The Balaban J connectivity index is 2.01. The Bertz CT molecular complexity index is 722. The molecule has 3 nitrogen and oxygen atoms in total. The van der Waals surface area contributed by atoms with E-state index in [1.54, 1.807) is 6.33 Å². The predicted octanol–water partition coefficient (Wildman–Crippen LogP) is 3.95. The smallest absolute Gasteiger partial charge is 0.133 e. The molecule has 2 aromatic carbocycles. The fourth-order valence-electron chi connectivity index (χ4n) is 2.51. The summed E-state index contributed by atoms with van der Waals surface area (Å²) in [4.78, 5) is 0. The Hall–Kier alpha value is -1.94. The molecular formula is C17H16BrN3. The van der Waals surface area contributed by atoms with Gasteiger partial charge in [0.05, 0.1) is 0 Å². The van der Waals surface area contributed by atoms with Crippen LogP contribution < -0.4 is 0 Å². The molecule has 106 valence electrons. The minimum absolute atomic E-state index is 0.270. The second-order valence-corrected chi connectivity index (χ2v) is 6.00. The number of aromatic nitrogens is 3. The molecule has 0 aliphatic heterocycles. The van der Waals surface area contributed by atoms with Crippen LogP contribution in [-0.2, 0) is 13.5 Å². The summed E-state index contributed by atoms with van der Waals surface area (Å²) in [5, 5.41) is 8.21. The molecule has 0 N–H and O–H groups in total. The van der Waals surface area contributed by atoms with Crippen LogP contribution in [0.25, 0.3) is 0 Å². The molecule has 0 amide bonds. The fraction of sp³-hybridized carbons (Fsp3) is 0.176. The number of hydrogen-bond acceptors (Lipinski definition) is 2. The summed E-state index contributed by atoms with van der Waals surface area (Å²) in [6.45, 7) is 0. The fourth-order valence-corrected chi connectivity index (χ4v) is 2.93. The van der Waals surface area contributed by atoms with Crippen molar-refractivity contribution in [3.8, 4) is 0 Å². The average molecular weight is 342 g/mol. The average Bonchev–Trinajstić information content (AvgIpc) is 2.91. The topological polar surface area (TPSA) is 30.7 Å². The lowest BCUT2D eigenvalue weighted by Gasteiger charge is -2.18. The van der Waals surface area contributed by atoms with Gasteiger partial charge in [0.15, 0.2) is 0 Å². The van der Waals surface area contributed by atoms with E-state index in [4.69, 9.17) is 0 Å². The maximum absolute atomic E-state index is 4.23. The molecule has 0 bridgehead atoms. The molecule has 0 saturated heterocycles. The van der Waals surface area contributed by atoms with Crippen LogP contribution in [0.4, 0.5) is 0 Å². The van der Waals surface area contributed by atoms with Gasteiger partial charge in [-0.3, -0.25) is 0 Å². The molecule has 1 aromatic heterocycles. The van der Waals surface area contributed by atoms with Crippen molar-refractivity contribution in [2.75, 3.05) is 0 Å². The van der Waals surface area contributed by atoms with Gasteiger partial charge in [-0.15, -0.1) is 10.2 Å². The lowest BCUT2D eigenvalue weighted by Crippen LogP contribution is -2.09. The largest absolute Gasteiger partial charge is 0.321 e. The summed E-state index contributed by atoms with van der Waals surface area (Å²) in [7, 11) is 1.98. The second-order valence-electron chi connectivity index (χ2n) is 5.08. The van der Waals surface area contributed by atoms with Crippen molar-refractivity contribution in [1.29, 1.82) is 0 Å². The Morgan fingerprint density at radius 1 is 1.05 bits per heavy atom.